The highest BCUT2D eigenvalue weighted by Crippen LogP contribution is 2.66. The fraction of sp³-hybridized carbons (Fsp3) is 0.583. The summed E-state index contributed by atoms with van der Waals surface area (Å²) in [6.07, 6.45) is 21.3. The number of hydrogen-bond donors (Lipinski definition) is 2. The molecule has 4 fully saturated rings. The third-order valence-electron chi connectivity index (χ3n) is 12.0. The van der Waals surface area contributed by atoms with Gasteiger partial charge in [-0.3, -0.25) is 9.88 Å². The average Bonchev–Trinajstić information content (AvgIpc) is 3.61. The van der Waals surface area contributed by atoms with Crippen molar-refractivity contribution in [2.75, 3.05) is 26.2 Å². The third kappa shape index (κ3) is 3.68. The predicted octanol–water partition coefficient (Wildman–Crippen LogP) is 6.42. The number of ether oxygens (including phenoxy) is 1. The number of allylic oxidation sites excluding steroid dienone is 3. The van der Waals surface area contributed by atoms with Gasteiger partial charge in [0.05, 0.1) is 29.0 Å². The molecule has 9 rings (SSSR count). The Kier molecular flexibility index (Phi) is 5.86. The highest BCUT2D eigenvalue weighted by molar-refractivity contribution is 6.09. The summed E-state index contributed by atoms with van der Waals surface area (Å²) in [6, 6.07) is 10.8. The van der Waals surface area contributed by atoms with E-state index in [1.807, 2.05) is 6.20 Å². The molecule has 3 unspecified atom stereocenters. The first-order valence-electron chi connectivity index (χ1n) is 16.7. The number of aromatic nitrogens is 2. The van der Waals surface area contributed by atoms with Crippen LogP contribution in [0, 0.1) is 11.3 Å². The van der Waals surface area contributed by atoms with E-state index in [-0.39, 0.29) is 17.2 Å². The number of rotatable bonds is 1. The third-order valence-corrected chi connectivity index (χ3v) is 12.0. The van der Waals surface area contributed by atoms with E-state index in [4.69, 9.17) is 9.72 Å². The Balaban J connectivity index is 1.27. The monoisotopic (exact) mass is 564 g/mol. The van der Waals surface area contributed by atoms with Crippen molar-refractivity contribution in [3.05, 3.63) is 60.5 Å². The van der Waals surface area contributed by atoms with Crippen LogP contribution in [0.3, 0.4) is 0 Å². The Labute approximate surface area is 248 Å². The molecule has 7 heterocycles. The van der Waals surface area contributed by atoms with E-state index in [1.54, 1.807) is 0 Å². The number of benzene rings is 1. The largest absolute Gasteiger partial charge is 0.384 e. The van der Waals surface area contributed by atoms with Gasteiger partial charge in [-0.05, 0) is 113 Å². The highest BCUT2D eigenvalue weighted by Gasteiger charge is 2.71. The summed E-state index contributed by atoms with van der Waals surface area (Å²) in [4.78, 5) is 14.3. The smallest absolute Gasteiger partial charge is 0.123 e. The van der Waals surface area contributed by atoms with Crippen molar-refractivity contribution in [3.63, 3.8) is 0 Å². The quantitative estimate of drug-likeness (QED) is 0.334. The lowest BCUT2D eigenvalue weighted by molar-refractivity contribution is -0.145. The lowest BCUT2D eigenvalue weighted by Crippen LogP contribution is -2.66. The minimum Gasteiger partial charge on any atom is -0.384 e. The van der Waals surface area contributed by atoms with Gasteiger partial charge in [-0.1, -0.05) is 30.4 Å². The molecule has 6 heteroatoms. The topological polar surface area (TPSA) is 64.6 Å². The molecular weight excluding hydrogens is 520 g/mol. The first-order valence-corrected chi connectivity index (χ1v) is 16.7. The number of nitrogens with zero attached hydrogens (tertiary/aromatic N) is 3. The zero-order valence-corrected chi connectivity index (χ0v) is 24.7. The first-order chi connectivity index (χ1) is 20.6. The van der Waals surface area contributed by atoms with Gasteiger partial charge in [0.1, 0.15) is 5.72 Å². The van der Waals surface area contributed by atoms with E-state index in [0.29, 0.717) is 12.0 Å². The molecule has 2 N–H and O–H groups in total. The van der Waals surface area contributed by atoms with Crippen LogP contribution in [0.15, 0.2) is 54.8 Å². The van der Waals surface area contributed by atoms with Gasteiger partial charge >= 0.3 is 0 Å². The molecule has 2 spiro atoms. The van der Waals surface area contributed by atoms with Crippen LogP contribution >= 0.6 is 0 Å². The first kappa shape index (κ1) is 25.9. The molecule has 1 aliphatic carbocycles. The van der Waals surface area contributed by atoms with Gasteiger partial charge in [0, 0.05) is 41.0 Å². The summed E-state index contributed by atoms with van der Waals surface area (Å²) >= 11 is 0. The van der Waals surface area contributed by atoms with Crippen LogP contribution < -0.4 is 0 Å². The lowest BCUT2D eigenvalue weighted by Gasteiger charge is -2.58. The fourth-order valence-corrected chi connectivity index (χ4v) is 10.6. The number of fused-ring (bicyclic) bond motifs is 5. The molecule has 4 saturated heterocycles. The number of hydrogen-bond acceptors (Lipinski definition) is 5. The molecule has 0 amide bonds. The normalized spacial score (nSPS) is 40.9. The van der Waals surface area contributed by atoms with Crippen LogP contribution in [0.4, 0.5) is 0 Å². The molecule has 0 saturated carbocycles. The summed E-state index contributed by atoms with van der Waals surface area (Å²) in [5.74, 6) is 0.341. The molecule has 220 valence electrons. The van der Waals surface area contributed by atoms with Crippen molar-refractivity contribution < 1.29 is 9.84 Å². The van der Waals surface area contributed by atoms with Gasteiger partial charge in [-0.15, -0.1) is 0 Å². The molecule has 7 atom stereocenters. The Morgan fingerprint density at radius 1 is 0.929 bits per heavy atom. The van der Waals surface area contributed by atoms with Crippen molar-refractivity contribution in [3.8, 4) is 0 Å². The summed E-state index contributed by atoms with van der Waals surface area (Å²) in [5, 5.41) is 15.7. The zero-order valence-electron chi connectivity index (χ0n) is 24.7. The number of pyridine rings is 1. The molecule has 5 aliphatic heterocycles. The Hall–Kier alpha value is -2.51. The molecule has 3 aromatic rings. The van der Waals surface area contributed by atoms with Gasteiger partial charge in [0.15, 0.2) is 0 Å². The van der Waals surface area contributed by atoms with Gasteiger partial charge in [0.25, 0.3) is 0 Å². The second-order valence-electron chi connectivity index (χ2n) is 14.3. The maximum atomic E-state index is 13.2. The molecule has 6 aliphatic rings. The highest BCUT2D eigenvalue weighted by atomic mass is 16.5. The van der Waals surface area contributed by atoms with E-state index in [1.165, 1.54) is 29.2 Å². The lowest BCUT2D eigenvalue weighted by atomic mass is 9.54. The summed E-state index contributed by atoms with van der Waals surface area (Å²) in [5.41, 5.74) is 3.32. The molecule has 2 aromatic heterocycles. The van der Waals surface area contributed by atoms with Crippen LogP contribution in [0.25, 0.3) is 27.4 Å². The van der Waals surface area contributed by atoms with E-state index < -0.39 is 5.60 Å². The number of H-pyrrole nitrogens is 1. The molecule has 6 nitrogen and oxygen atoms in total. The van der Waals surface area contributed by atoms with Gasteiger partial charge < -0.3 is 19.7 Å². The maximum absolute atomic E-state index is 13.2. The predicted molar refractivity (Wildman–Crippen MR) is 167 cm³/mol. The number of piperidine rings is 1. The Morgan fingerprint density at radius 2 is 1.86 bits per heavy atom. The van der Waals surface area contributed by atoms with Gasteiger partial charge in [-0.2, -0.15) is 0 Å². The van der Waals surface area contributed by atoms with E-state index >= 15 is 0 Å². The van der Waals surface area contributed by atoms with Crippen LogP contribution in [0.1, 0.15) is 76.3 Å². The van der Waals surface area contributed by atoms with Crippen LogP contribution in [0.2, 0.25) is 0 Å². The molecule has 42 heavy (non-hydrogen) atoms. The number of aliphatic hydroxyl groups is 1. The Morgan fingerprint density at radius 3 is 2.83 bits per heavy atom. The van der Waals surface area contributed by atoms with Crippen LogP contribution in [-0.4, -0.2) is 74.5 Å². The van der Waals surface area contributed by atoms with E-state index in [9.17, 15) is 5.11 Å². The molecule has 0 radical (unpaired) electrons. The second kappa shape index (κ2) is 9.49. The van der Waals surface area contributed by atoms with Crippen LogP contribution in [0.5, 0.6) is 0 Å². The van der Waals surface area contributed by atoms with Crippen molar-refractivity contribution in [2.45, 2.75) is 94.1 Å². The number of aromatic amines is 1. The van der Waals surface area contributed by atoms with Crippen molar-refractivity contribution in [2.24, 2.45) is 11.3 Å². The van der Waals surface area contributed by atoms with Crippen molar-refractivity contribution in [1.29, 1.82) is 0 Å². The number of para-hydroxylation sites is 1. The van der Waals surface area contributed by atoms with Gasteiger partial charge in [-0.25, -0.2) is 0 Å². The molecule has 5 bridgehead atoms. The minimum atomic E-state index is -0.946. The summed E-state index contributed by atoms with van der Waals surface area (Å²) in [6.45, 7) is 4.35. The standard InChI is InChI=1S/C36H44N4O2/c41-35-16-7-3-1-2-4-8-19-39-21-15-29(34(24-39)23-36-17-13-25(42-36)10-9-20-40(36)33(34)35)28(22-35)31-32-27(14-18-37-31)26-11-5-6-12-30(26)38-32/h1,3,5-6,11-12,14,18,22,25,29,33,38,41H,2,4,7-10,13,15-17,19-21,23-24H2/b3-1-/t25?,29-,33+,34-,35-,36?/m0/s1. The molecule has 1 aromatic carbocycles. The molecular formula is C36H44N4O2. The van der Waals surface area contributed by atoms with Crippen LogP contribution in [-0.2, 0) is 4.74 Å². The van der Waals surface area contributed by atoms with E-state index in [2.05, 4.69) is 63.3 Å². The number of nitrogens with one attached hydrogen (secondary N) is 1. The Bertz CT molecular complexity index is 1590. The SMILES string of the molecule is O[C@]12C=C(c3nccc4c3[nH]c3ccccc34)[C@@H]3CCN(CCCC/C=C\CC1)C[C@@]31CC34CCC(CCCN3[C@H]12)O4. The van der Waals surface area contributed by atoms with Crippen molar-refractivity contribution in [1.82, 2.24) is 19.8 Å². The second-order valence-corrected chi connectivity index (χ2v) is 14.3. The minimum absolute atomic E-state index is 0.0643. The summed E-state index contributed by atoms with van der Waals surface area (Å²) < 4.78 is 7.08. The van der Waals surface area contributed by atoms with Crippen molar-refractivity contribution >= 4 is 27.4 Å². The fourth-order valence-electron chi connectivity index (χ4n) is 10.6. The zero-order chi connectivity index (χ0) is 27.9. The maximum Gasteiger partial charge on any atom is 0.123 e. The summed E-state index contributed by atoms with van der Waals surface area (Å²) in [7, 11) is 0. The van der Waals surface area contributed by atoms with E-state index in [0.717, 1.165) is 101 Å². The van der Waals surface area contributed by atoms with Gasteiger partial charge in [0.2, 0.25) is 0 Å². The average molecular weight is 565 g/mol.